The fourth-order valence-electron chi connectivity index (χ4n) is 2.87. The van der Waals surface area contributed by atoms with Gasteiger partial charge in [0.25, 0.3) is 0 Å². The number of nitrogens with one attached hydrogen (secondary N) is 2. The zero-order valence-corrected chi connectivity index (χ0v) is 15.3. The molecule has 0 unspecified atom stereocenters. The van der Waals surface area contributed by atoms with Gasteiger partial charge >= 0.3 is 0 Å². The van der Waals surface area contributed by atoms with Crippen molar-refractivity contribution in [3.05, 3.63) is 64.9 Å². The van der Waals surface area contributed by atoms with Gasteiger partial charge in [-0.1, -0.05) is 30.3 Å². The quantitative estimate of drug-likeness (QED) is 0.609. The highest BCUT2D eigenvalue weighted by Gasteiger charge is 2.30. The molecule has 0 fully saturated rings. The Morgan fingerprint density at radius 1 is 1.15 bits per heavy atom. The van der Waals surface area contributed by atoms with E-state index in [1.54, 1.807) is 18.5 Å². The minimum atomic E-state index is 0.185. The van der Waals surface area contributed by atoms with Gasteiger partial charge in [0.05, 0.1) is 17.8 Å². The van der Waals surface area contributed by atoms with E-state index in [2.05, 4.69) is 20.3 Å². The van der Waals surface area contributed by atoms with Crippen LogP contribution in [0.4, 0.5) is 5.95 Å². The standard InChI is InChI=1S/C19H18N6OS/c20-17-16(18-24-14(12-27-18)13-5-2-1-3-6-13)15(26)11-25(17)10-9-23-19-21-7-4-8-22-19/h1-8,12,20,26H,9-11H2,(H,21,22,23). The van der Waals surface area contributed by atoms with Crippen LogP contribution in [0.3, 0.4) is 0 Å². The number of thiazole rings is 1. The molecule has 0 amide bonds. The number of hydrogen-bond acceptors (Lipinski definition) is 7. The zero-order valence-electron chi connectivity index (χ0n) is 14.5. The van der Waals surface area contributed by atoms with Crippen LogP contribution in [0.25, 0.3) is 16.8 Å². The van der Waals surface area contributed by atoms with Crippen LogP contribution in [0.5, 0.6) is 0 Å². The molecule has 0 spiro atoms. The second kappa shape index (κ2) is 7.55. The fraction of sp³-hybridized carbons (Fsp3) is 0.158. The van der Waals surface area contributed by atoms with Crippen LogP contribution in [-0.2, 0) is 0 Å². The Labute approximate surface area is 160 Å². The van der Waals surface area contributed by atoms with Crippen molar-refractivity contribution in [1.82, 2.24) is 19.9 Å². The lowest BCUT2D eigenvalue weighted by atomic mass is 10.2. The summed E-state index contributed by atoms with van der Waals surface area (Å²) in [6, 6.07) is 11.6. The number of aromatic nitrogens is 3. The van der Waals surface area contributed by atoms with Gasteiger partial charge in [-0.15, -0.1) is 11.3 Å². The van der Waals surface area contributed by atoms with Crippen molar-refractivity contribution in [3.63, 3.8) is 0 Å². The molecule has 3 N–H and O–H groups in total. The molecule has 0 aliphatic carbocycles. The van der Waals surface area contributed by atoms with Gasteiger partial charge < -0.3 is 15.3 Å². The average Bonchev–Trinajstić information content (AvgIpc) is 3.28. The Morgan fingerprint density at radius 3 is 2.70 bits per heavy atom. The molecule has 1 aliphatic rings. The highest BCUT2D eigenvalue weighted by molar-refractivity contribution is 7.11. The third-order valence-corrected chi connectivity index (χ3v) is 5.06. The summed E-state index contributed by atoms with van der Waals surface area (Å²) in [5.74, 6) is 1.02. The summed E-state index contributed by atoms with van der Waals surface area (Å²) < 4.78 is 0. The predicted molar refractivity (Wildman–Crippen MR) is 107 cm³/mol. The summed E-state index contributed by atoms with van der Waals surface area (Å²) in [4.78, 5) is 14.6. The number of benzene rings is 1. The van der Waals surface area contributed by atoms with Gasteiger partial charge in [0.15, 0.2) is 0 Å². The lowest BCUT2D eigenvalue weighted by molar-refractivity contribution is 0.354. The number of aliphatic hydroxyl groups is 1. The van der Waals surface area contributed by atoms with E-state index in [4.69, 9.17) is 5.41 Å². The number of anilines is 1. The van der Waals surface area contributed by atoms with Crippen molar-refractivity contribution in [2.24, 2.45) is 0 Å². The number of nitrogens with zero attached hydrogens (tertiary/aromatic N) is 4. The smallest absolute Gasteiger partial charge is 0.222 e. The molecule has 4 rings (SSSR count). The van der Waals surface area contributed by atoms with E-state index in [1.807, 2.05) is 40.6 Å². The maximum absolute atomic E-state index is 10.4. The van der Waals surface area contributed by atoms with Crippen LogP contribution >= 0.6 is 11.3 Å². The number of aliphatic hydroxyl groups excluding tert-OH is 1. The topological polar surface area (TPSA) is 98.0 Å². The first-order valence-corrected chi connectivity index (χ1v) is 9.38. The van der Waals surface area contributed by atoms with Gasteiger partial charge in [-0.3, -0.25) is 5.41 Å². The zero-order chi connectivity index (χ0) is 18.6. The average molecular weight is 378 g/mol. The molecule has 8 heteroatoms. The summed E-state index contributed by atoms with van der Waals surface area (Å²) in [5.41, 5.74) is 2.39. The maximum Gasteiger partial charge on any atom is 0.222 e. The molecular weight excluding hydrogens is 360 g/mol. The van der Waals surface area contributed by atoms with E-state index in [0.29, 0.717) is 36.2 Å². The van der Waals surface area contributed by atoms with Crippen LogP contribution in [0.15, 0.2) is 59.9 Å². The van der Waals surface area contributed by atoms with Gasteiger partial charge in [0.1, 0.15) is 16.6 Å². The van der Waals surface area contributed by atoms with Crippen LogP contribution < -0.4 is 5.32 Å². The van der Waals surface area contributed by atoms with Crippen molar-refractivity contribution < 1.29 is 5.11 Å². The molecule has 3 aromatic rings. The molecule has 0 saturated heterocycles. The van der Waals surface area contributed by atoms with E-state index < -0.39 is 0 Å². The first-order valence-electron chi connectivity index (χ1n) is 8.50. The highest BCUT2D eigenvalue weighted by atomic mass is 32.1. The van der Waals surface area contributed by atoms with E-state index in [9.17, 15) is 5.11 Å². The lowest BCUT2D eigenvalue weighted by Crippen LogP contribution is -2.31. The Hall–Kier alpha value is -3.26. The predicted octanol–water partition coefficient (Wildman–Crippen LogP) is 3.27. The van der Waals surface area contributed by atoms with Crippen molar-refractivity contribution in [2.75, 3.05) is 25.0 Å². The van der Waals surface area contributed by atoms with Crippen LogP contribution in [0.2, 0.25) is 0 Å². The fourth-order valence-corrected chi connectivity index (χ4v) is 3.77. The van der Waals surface area contributed by atoms with Gasteiger partial charge in [-0.25, -0.2) is 15.0 Å². The minimum absolute atomic E-state index is 0.185. The number of amidine groups is 1. The maximum atomic E-state index is 10.4. The Kier molecular flexibility index (Phi) is 4.80. The Bertz CT molecular complexity index is 970. The number of rotatable bonds is 6. The van der Waals surface area contributed by atoms with Gasteiger partial charge in [0, 0.05) is 36.4 Å². The monoisotopic (exact) mass is 378 g/mol. The van der Waals surface area contributed by atoms with Gasteiger partial charge in [0.2, 0.25) is 5.95 Å². The highest BCUT2D eigenvalue weighted by Crippen LogP contribution is 2.31. The second-order valence-corrected chi connectivity index (χ2v) is 6.85. The largest absolute Gasteiger partial charge is 0.510 e. The summed E-state index contributed by atoms with van der Waals surface area (Å²) in [6.07, 6.45) is 3.34. The summed E-state index contributed by atoms with van der Waals surface area (Å²) in [6.45, 7) is 1.44. The molecule has 2 aromatic heterocycles. The molecule has 0 bridgehead atoms. The SMILES string of the molecule is N=C1C(c2nc(-c3ccccc3)cs2)=C(O)CN1CCNc1ncccn1. The second-order valence-electron chi connectivity index (χ2n) is 5.99. The molecule has 0 radical (unpaired) electrons. The van der Waals surface area contributed by atoms with E-state index in [0.717, 1.165) is 11.3 Å². The molecule has 0 saturated carbocycles. The third kappa shape index (κ3) is 3.65. The first-order chi connectivity index (χ1) is 13.2. The van der Waals surface area contributed by atoms with Crippen LogP contribution in [0.1, 0.15) is 5.01 Å². The van der Waals surface area contributed by atoms with Crippen molar-refractivity contribution in [3.8, 4) is 11.3 Å². The number of hydrogen-bond donors (Lipinski definition) is 3. The van der Waals surface area contributed by atoms with Crippen molar-refractivity contribution in [1.29, 1.82) is 5.41 Å². The van der Waals surface area contributed by atoms with E-state index in [1.165, 1.54) is 11.3 Å². The Morgan fingerprint density at radius 2 is 1.93 bits per heavy atom. The van der Waals surface area contributed by atoms with Gasteiger partial charge in [-0.2, -0.15) is 0 Å². The van der Waals surface area contributed by atoms with E-state index in [-0.39, 0.29) is 11.6 Å². The summed E-state index contributed by atoms with van der Waals surface area (Å²) in [7, 11) is 0. The van der Waals surface area contributed by atoms with Gasteiger partial charge in [-0.05, 0) is 6.07 Å². The van der Waals surface area contributed by atoms with E-state index >= 15 is 0 Å². The lowest BCUT2D eigenvalue weighted by Gasteiger charge is -2.18. The molecule has 1 aliphatic heterocycles. The molecular formula is C19H18N6OS. The molecule has 136 valence electrons. The van der Waals surface area contributed by atoms with Crippen LogP contribution in [-0.4, -0.2) is 50.4 Å². The van der Waals surface area contributed by atoms with Crippen molar-refractivity contribution in [2.45, 2.75) is 0 Å². The molecule has 0 atom stereocenters. The molecule has 7 nitrogen and oxygen atoms in total. The molecule has 3 heterocycles. The molecule has 27 heavy (non-hydrogen) atoms. The summed E-state index contributed by atoms with van der Waals surface area (Å²) in [5, 5.41) is 24.6. The first kappa shape index (κ1) is 17.2. The van der Waals surface area contributed by atoms with Crippen LogP contribution in [0, 0.1) is 5.41 Å². The Balaban J connectivity index is 1.43. The van der Waals surface area contributed by atoms with Crippen molar-refractivity contribution >= 4 is 28.7 Å². The molecule has 1 aromatic carbocycles. The summed E-state index contributed by atoms with van der Waals surface area (Å²) >= 11 is 1.44. The normalized spacial score (nSPS) is 14.1. The third-order valence-electron chi connectivity index (χ3n) is 4.20. The minimum Gasteiger partial charge on any atom is -0.510 e.